The van der Waals surface area contributed by atoms with E-state index in [9.17, 15) is 19.8 Å². The van der Waals surface area contributed by atoms with Crippen molar-refractivity contribution in [2.24, 2.45) is 0 Å². The molecule has 8 nitrogen and oxygen atoms in total. The van der Waals surface area contributed by atoms with Gasteiger partial charge >= 0.3 is 0 Å². The minimum absolute atomic E-state index is 0.107. The summed E-state index contributed by atoms with van der Waals surface area (Å²) in [4.78, 5) is 31.7. The molecule has 1 fully saturated rings. The van der Waals surface area contributed by atoms with E-state index in [1.807, 2.05) is 13.8 Å². The number of rotatable bonds is 6. The number of hydrogen-bond acceptors (Lipinski definition) is 7. The molecule has 0 spiro atoms. The molecule has 1 aromatic heterocycles. The summed E-state index contributed by atoms with van der Waals surface area (Å²) in [5.74, 6) is -1.33. The third kappa shape index (κ3) is 3.94. The number of aryl methyl sites for hydroxylation is 1. The Morgan fingerprint density at radius 1 is 1.06 bits per heavy atom. The van der Waals surface area contributed by atoms with Crippen LogP contribution in [0.25, 0.3) is 5.76 Å². The predicted octanol–water partition coefficient (Wildman–Crippen LogP) is 4.13. The molecule has 2 heterocycles. The number of amides is 1. The molecule has 0 radical (unpaired) electrons. The summed E-state index contributed by atoms with van der Waals surface area (Å²) in [5, 5.41) is 21.7. The van der Waals surface area contributed by atoms with Crippen LogP contribution in [0.15, 0.2) is 66.5 Å². The van der Waals surface area contributed by atoms with Crippen LogP contribution in [0.1, 0.15) is 29.7 Å². The number of ether oxygens (including phenoxy) is 2. The number of nitrogens with zero attached hydrogens (tertiary/aromatic N) is 2. The molecule has 8 heteroatoms. The maximum absolute atomic E-state index is 13.3. The van der Waals surface area contributed by atoms with Gasteiger partial charge in [-0.2, -0.15) is 0 Å². The second kappa shape index (κ2) is 9.27. The van der Waals surface area contributed by atoms with Crippen LogP contribution < -0.4 is 14.4 Å². The topological polar surface area (TPSA) is 109 Å². The SMILES string of the molecule is CCOc1cc(C2/C(=C(/O)c3ccncc3)C(=O)C(=O)N2c2cc(C)ccc2O)ccc1OC. The van der Waals surface area contributed by atoms with E-state index in [0.29, 0.717) is 29.2 Å². The van der Waals surface area contributed by atoms with Crippen LogP contribution in [0.2, 0.25) is 0 Å². The van der Waals surface area contributed by atoms with Gasteiger partial charge in [0.05, 0.1) is 31.0 Å². The highest BCUT2D eigenvalue weighted by atomic mass is 16.5. The summed E-state index contributed by atoms with van der Waals surface area (Å²) in [6, 6.07) is 11.9. The molecule has 2 aromatic carbocycles. The van der Waals surface area contributed by atoms with Gasteiger partial charge in [0.15, 0.2) is 11.5 Å². The molecule has 0 saturated carbocycles. The van der Waals surface area contributed by atoms with E-state index >= 15 is 0 Å². The standard InChI is InChI=1S/C26H24N2O6/c1-4-34-21-14-17(6-8-20(21)33-3)23-22(24(30)16-9-11-27-12-10-16)25(31)26(32)28(23)18-13-15(2)5-7-19(18)29/h5-14,23,29-30H,4H2,1-3H3/b24-22-. The van der Waals surface area contributed by atoms with Gasteiger partial charge in [-0.3, -0.25) is 19.5 Å². The van der Waals surface area contributed by atoms with Gasteiger partial charge in [0.1, 0.15) is 11.5 Å². The number of phenolic OH excluding ortho intramolecular Hbond substituents is 1. The van der Waals surface area contributed by atoms with Crippen molar-refractivity contribution >= 4 is 23.1 Å². The van der Waals surface area contributed by atoms with Crippen LogP contribution in [0.3, 0.4) is 0 Å². The lowest BCUT2D eigenvalue weighted by Crippen LogP contribution is -2.29. The number of carbonyl (C=O) groups excluding carboxylic acids is 2. The van der Waals surface area contributed by atoms with Crippen molar-refractivity contribution in [3.05, 3.63) is 83.2 Å². The Labute approximate surface area is 196 Å². The Balaban J connectivity index is 1.99. The molecule has 174 valence electrons. The summed E-state index contributed by atoms with van der Waals surface area (Å²) in [7, 11) is 1.51. The number of pyridine rings is 1. The molecule has 0 bridgehead atoms. The molecule has 2 N–H and O–H groups in total. The van der Waals surface area contributed by atoms with E-state index in [1.54, 1.807) is 42.5 Å². The Kier molecular flexibility index (Phi) is 6.23. The van der Waals surface area contributed by atoms with Crippen LogP contribution in [0, 0.1) is 6.92 Å². The number of aromatic nitrogens is 1. The van der Waals surface area contributed by atoms with Crippen molar-refractivity contribution in [2.45, 2.75) is 19.9 Å². The molecule has 1 amide bonds. The number of aliphatic hydroxyl groups excluding tert-OH is 1. The fourth-order valence-corrected chi connectivity index (χ4v) is 4.02. The molecule has 1 aliphatic heterocycles. The van der Waals surface area contributed by atoms with Gasteiger partial charge < -0.3 is 19.7 Å². The summed E-state index contributed by atoms with van der Waals surface area (Å²) >= 11 is 0. The van der Waals surface area contributed by atoms with E-state index in [0.717, 1.165) is 5.56 Å². The minimum atomic E-state index is -1.02. The average Bonchev–Trinajstić information content (AvgIpc) is 3.11. The highest BCUT2D eigenvalue weighted by Gasteiger charge is 2.48. The summed E-state index contributed by atoms with van der Waals surface area (Å²) < 4.78 is 11.1. The third-order valence-corrected chi connectivity index (χ3v) is 5.59. The van der Waals surface area contributed by atoms with Gasteiger partial charge in [0.2, 0.25) is 0 Å². The van der Waals surface area contributed by atoms with E-state index in [-0.39, 0.29) is 22.8 Å². The molecule has 34 heavy (non-hydrogen) atoms. The summed E-state index contributed by atoms with van der Waals surface area (Å²) in [6.07, 6.45) is 2.96. The summed E-state index contributed by atoms with van der Waals surface area (Å²) in [6.45, 7) is 4.01. The van der Waals surface area contributed by atoms with Crippen molar-refractivity contribution in [3.63, 3.8) is 0 Å². The zero-order valence-corrected chi connectivity index (χ0v) is 19.0. The number of phenols is 1. The molecule has 1 unspecified atom stereocenters. The molecule has 4 rings (SSSR count). The Bertz CT molecular complexity index is 1290. The van der Waals surface area contributed by atoms with Gasteiger partial charge in [-0.1, -0.05) is 12.1 Å². The molecule has 3 aromatic rings. The van der Waals surface area contributed by atoms with Crippen molar-refractivity contribution in [1.29, 1.82) is 0 Å². The van der Waals surface area contributed by atoms with E-state index in [1.165, 1.54) is 30.5 Å². The summed E-state index contributed by atoms with van der Waals surface area (Å²) in [5.41, 5.74) is 1.68. The van der Waals surface area contributed by atoms with Crippen molar-refractivity contribution in [3.8, 4) is 17.2 Å². The van der Waals surface area contributed by atoms with Crippen LogP contribution in [-0.2, 0) is 9.59 Å². The normalized spacial score (nSPS) is 17.1. The first-order valence-electron chi connectivity index (χ1n) is 10.7. The van der Waals surface area contributed by atoms with Gasteiger partial charge in [-0.05, 0) is 61.4 Å². The number of hydrogen-bond donors (Lipinski definition) is 2. The lowest BCUT2D eigenvalue weighted by molar-refractivity contribution is -0.132. The number of carbonyl (C=O) groups is 2. The zero-order chi connectivity index (χ0) is 24.4. The highest BCUT2D eigenvalue weighted by molar-refractivity contribution is 6.52. The maximum atomic E-state index is 13.3. The number of aliphatic hydroxyl groups is 1. The van der Waals surface area contributed by atoms with Crippen LogP contribution >= 0.6 is 0 Å². The number of benzene rings is 2. The number of aromatic hydroxyl groups is 1. The fraction of sp³-hybridized carbons (Fsp3) is 0.192. The first-order valence-corrected chi connectivity index (χ1v) is 10.7. The number of Topliss-reactive ketones (excluding diaryl/α,β-unsaturated/α-hetero) is 1. The van der Waals surface area contributed by atoms with Gasteiger partial charge in [-0.15, -0.1) is 0 Å². The predicted molar refractivity (Wildman–Crippen MR) is 126 cm³/mol. The lowest BCUT2D eigenvalue weighted by Gasteiger charge is -2.27. The van der Waals surface area contributed by atoms with Crippen molar-refractivity contribution in [2.75, 3.05) is 18.6 Å². The molecular weight excluding hydrogens is 436 g/mol. The van der Waals surface area contributed by atoms with Crippen molar-refractivity contribution < 1.29 is 29.3 Å². The quantitative estimate of drug-likeness (QED) is 0.323. The Morgan fingerprint density at radius 2 is 1.79 bits per heavy atom. The van der Waals surface area contributed by atoms with E-state index < -0.39 is 17.7 Å². The largest absolute Gasteiger partial charge is 0.507 e. The highest BCUT2D eigenvalue weighted by Crippen LogP contribution is 2.46. The fourth-order valence-electron chi connectivity index (χ4n) is 4.02. The number of ketones is 1. The van der Waals surface area contributed by atoms with Crippen LogP contribution in [0.5, 0.6) is 17.2 Å². The molecule has 1 atom stereocenters. The first kappa shape index (κ1) is 22.8. The monoisotopic (exact) mass is 460 g/mol. The van der Waals surface area contributed by atoms with Gasteiger partial charge in [0.25, 0.3) is 11.7 Å². The number of anilines is 1. The Morgan fingerprint density at radius 3 is 2.47 bits per heavy atom. The minimum Gasteiger partial charge on any atom is -0.507 e. The van der Waals surface area contributed by atoms with Gasteiger partial charge in [0, 0.05) is 18.0 Å². The molecule has 1 aliphatic rings. The second-order valence-corrected chi connectivity index (χ2v) is 7.74. The maximum Gasteiger partial charge on any atom is 0.300 e. The van der Waals surface area contributed by atoms with Crippen LogP contribution in [-0.4, -0.2) is 40.6 Å². The molecule has 0 aliphatic carbocycles. The van der Waals surface area contributed by atoms with E-state index in [2.05, 4.69) is 4.98 Å². The zero-order valence-electron chi connectivity index (χ0n) is 19.0. The van der Waals surface area contributed by atoms with Crippen LogP contribution in [0.4, 0.5) is 5.69 Å². The smallest absolute Gasteiger partial charge is 0.300 e. The second-order valence-electron chi connectivity index (χ2n) is 7.74. The average molecular weight is 460 g/mol. The molecule has 1 saturated heterocycles. The molecular formula is C26H24N2O6. The van der Waals surface area contributed by atoms with Crippen molar-refractivity contribution in [1.82, 2.24) is 4.98 Å². The van der Waals surface area contributed by atoms with Gasteiger partial charge in [-0.25, -0.2) is 0 Å². The first-order chi connectivity index (χ1) is 16.4. The third-order valence-electron chi connectivity index (χ3n) is 5.59. The lowest BCUT2D eigenvalue weighted by atomic mass is 9.95. The van der Waals surface area contributed by atoms with E-state index in [4.69, 9.17) is 9.47 Å². The Hall–Kier alpha value is -4.33. The number of methoxy groups -OCH3 is 1.